The number of esters is 1. The van der Waals surface area contributed by atoms with Crippen molar-refractivity contribution < 1.29 is 9.53 Å². The summed E-state index contributed by atoms with van der Waals surface area (Å²) in [6, 6.07) is -0.510. The van der Waals surface area contributed by atoms with Gasteiger partial charge in [0, 0.05) is 13.1 Å². The first kappa shape index (κ1) is 12.7. The van der Waals surface area contributed by atoms with Crippen LogP contribution in [0.15, 0.2) is 0 Å². The van der Waals surface area contributed by atoms with Crippen LogP contribution in [0, 0.1) is 0 Å². The summed E-state index contributed by atoms with van der Waals surface area (Å²) in [5.74, 6) is -0.304. The molecule has 5 heteroatoms. The average molecular weight is 208 g/mol. The van der Waals surface area contributed by atoms with Crippen LogP contribution in [0.2, 0.25) is 0 Å². The molecule has 0 bridgehead atoms. The Labute approximate surface area is 84.6 Å². The largest absolute Gasteiger partial charge is 0.461 e. The number of halogens is 1. The Bertz CT molecular complexity index is 158. The second kappa shape index (κ2) is 6.18. The van der Waals surface area contributed by atoms with Crippen LogP contribution in [0.25, 0.3) is 0 Å². The summed E-state index contributed by atoms with van der Waals surface area (Å²) >= 11 is 0. The van der Waals surface area contributed by atoms with Crippen molar-refractivity contribution in [1.29, 1.82) is 0 Å². The van der Waals surface area contributed by atoms with Gasteiger partial charge in [-0.05, 0) is 19.8 Å². The topological polar surface area (TPSA) is 66.4 Å². The molecule has 1 heterocycles. The maximum Gasteiger partial charge on any atom is 0.322 e. The monoisotopic (exact) mass is 207 g/mol. The van der Waals surface area contributed by atoms with Gasteiger partial charge >= 0.3 is 5.97 Å². The molecule has 1 rings (SSSR count). The molecule has 0 unspecified atom stereocenters. The summed E-state index contributed by atoms with van der Waals surface area (Å²) in [7, 11) is 0. The number of nitrogens with zero attached hydrogens (tertiary/aromatic N) is 1. The van der Waals surface area contributed by atoms with E-state index in [1.54, 1.807) is 6.92 Å². The summed E-state index contributed by atoms with van der Waals surface area (Å²) in [6.07, 6.45) is 1.73. The molecule has 2 N–H and O–H groups in total. The molecule has 1 radical (unpaired) electrons. The highest BCUT2D eigenvalue weighted by Gasteiger charge is 2.19. The number of carbonyl (C=O) groups excluding carboxylic acids is 1. The van der Waals surface area contributed by atoms with Crippen molar-refractivity contribution in [1.82, 2.24) is 5.32 Å². The molecule has 1 saturated heterocycles. The van der Waals surface area contributed by atoms with Gasteiger partial charge in [-0.2, -0.15) is 0 Å². The number of piperidine rings is 1. The Morgan fingerprint density at radius 1 is 1.54 bits per heavy atom. The van der Waals surface area contributed by atoms with E-state index in [0.717, 1.165) is 25.9 Å². The first-order valence-electron chi connectivity index (χ1n) is 4.29. The lowest BCUT2D eigenvalue weighted by molar-refractivity contribution is -0.151. The van der Waals surface area contributed by atoms with Gasteiger partial charge in [0.2, 0.25) is 0 Å². The number of hydrogen-bond acceptors (Lipinski definition) is 3. The third kappa shape index (κ3) is 4.45. The molecule has 0 aliphatic carbocycles. The first-order valence-corrected chi connectivity index (χ1v) is 4.29. The van der Waals surface area contributed by atoms with Gasteiger partial charge in [-0.3, -0.25) is 4.79 Å². The molecule has 13 heavy (non-hydrogen) atoms. The van der Waals surface area contributed by atoms with Crippen molar-refractivity contribution in [3.8, 4) is 0 Å². The normalized spacial score (nSPS) is 20.2. The highest BCUT2D eigenvalue weighted by molar-refractivity contribution is 5.85. The van der Waals surface area contributed by atoms with Crippen molar-refractivity contribution >= 4 is 18.4 Å². The molecule has 1 aliphatic rings. The van der Waals surface area contributed by atoms with Gasteiger partial charge in [0.1, 0.15) is 12.1 Å². The zero-order chi connectivity index (χ0) is 8.97. The Hall–Kier alpha value is -0.320. The lowest BCUT2D eigenvalue weighted by Crippen LogP contribution is -2.36. The SMILES string of the molecule is C[C@H](N)C(=O)OC1CC[N]CC1.Cl. The summed E-state index contributed by atoms with van der Waals surface area (Å²) in [5.41, 5.74) is 5.36. The third-order valence-electron chi connectivity index (χ3n) is 1.87. The van der Waals surface area contributed by atoms with E-state index in [1.807, 2.05) is 0 Å². The molecule has 1 aliphatic heterocycles. The lowest BCUT2D eigenvalue weighted by atomic mass is 10.1. The molecule has 0 saturated carbocycles. The van der Waals surface area contributed by atoms with E-state index in [9.17, 15) is 4.79 Å². The molecule has 1 atom stereocenters. The van der Waals surface area contributed by atoms with Gasteiger partial charge < -0.3 is 10.5 Å². The summed E-state index contributed by atoms with van der Waals surface area (Å²) in [4.78, 5) is 11.0. The van der Waals surface area contributed by atoms with Gasteiger partial charge in [0.05, 0.1) is 0 Å². The van der Waals surface area contributed by atoms with E-state index in [1.165, 1.54) is 0 Å². The summed E-state index contributed by atoms with van der Waals surface area (Å²) in [5, 5.41) is 4.16. The minimum absolute atomic E-state index is 0. The van der Waals surface area contributed by atoms with Gasteiger partial charge in [-0.1, -0.05) is 0 Å². The minimum atomic E-state index is -0.510. The van der Waals surface area contributed by atoms with Crippen LogP contribution in [0.4, 0.5) is 0 Å². The molecule has 0 aromatic rings. The van der Waals surface area contributed by atoms with Crippen molar-refractivity contribution in [2.75, 3.05) is 13.1 Å². The van der Waals surface area contributed by atoms with Crippen molar-refractivity contribution in [2.45, 2.75) is 31.9 Å². The molecule has 77 valence electrons. The van der Waals surface area contributed by atoms with Crippen LogP contribution < -0.4 is 11.1 Å². The molecular formula is C8H16ClN2O2. The molecule has 0 aromatic heterocycles. The third-order valence-corrected chi connectivity index (χ3v) is 1.87. The predicted octanol–water partition coefficient (Wildman–Crippen LogP) is 0.0654. The quantitative estimate of drug-likeness (QED) is 0.652. The maximum absolute atomic E-state index is 11.0. The number of carbonyl (C=O) groups is 1. The zero-order valence-corrected chi connectivity index (χ0v) is 8.55. The Morgan fingerprint density at radius 2 is 2.08 bits per heavy atom. The molecule has 1 fully saturated rings. The average Bonchev–Trinajstić information content (AvgIpc) is 2.06. The van der Waals surface area contributed by atoms with Crippen LogP contribution in [-0.4, -0.2) is 31.2 Å². The Balaban J connectivity index is 0.00000144. The van der Waals surface area contributed by atoms with E-state index in [-0.39, 0.29) is 24.5 Å². The van der Waals surface area contributed by atoms with Gasteiger partial charge in [-0.25, -0.2) is 5.32 Å². The van der Waals surface area contributed by atoms with Crippen molar-refractivity contribution in [2.24, 2.45) is 5.73 Å². The smallest absolute Gasteiger partial charge is 0.322 e. The number of rotatable bonds is 2. The van der Waals surface area contributed by atoms with E-state index >= 15 is 0 Å². The first-order chi connectivity index (χ1) is 5.70. The van der Waals surface area contributed by atoms with Crippen LogP contribution in [-0.2, 0) is 9.53 Å². The molecule has 0 amide bonds. The Kier molecular flexibility index (Phi) is 6.03. The fourth-order valence-electron chi connectivity index (χ4n) is 1.12. The fraction of sp³-hybridized carbons (Fsp3) is 0.875. The predicted molar refractivity (Wildman–Crippen MR) is 51.9 cm³/mol. The van der Waals surface area contributed by atoms with Crippen molar-refractivity contribution in [3.05, 3.63) is 0 Å². The van der Waals surface area contributed by atoms with E-state index < -0.39 is 6.04 Å². The van der Waals surface area contributed by atoms with Crippen LogP contribution in [0.5, 0.6) is 0 Å². The van der Waals surface area contributed by atoms with Gasteiger partial charge in [-0.15, -0.1) is 12.4 Å². The lowest BCUT2D eigenvalue weighted by Gasteiger charge is -2.22. The Morgan fingerprint density at radius 3 is 2.54 bits per heavy atom. The van der Waals surface area contributed by atoms with E-state index in [4.69, 9.17) is 10.5 Å². The second-order valence-electron chi connectivity index (χ2n) is 3.10. The summed E-state index contributed by atoms with van der Waals surface area (Å²) < 4.78 is 5.13. The fourth-order valence-corrected chi connectivity index (χ4v) is 1.12. The standard InChI is InChI=1S/C8H15N2O2.ClH/c1-6(9)8(11)12-7-2-4-10-5-3-7;/h6-7H,2-5,9H2,1H3;1H/t6-;/m0./s1. The number of nitrogens with two attached hydrogens (primary N) is 1. The van der Waals surface area contributed by atoms with Gasteiger partial charge in [0.15, 0.2) is 0 Å². The van der Waals surface area contributed by atoms with E-state index in [2.05, 4.69) is 5.32 Å². The molecular weight excluding hydrogens is 192 g/mol. The number of ether oxygens (including phenoxy) is 1. The minimum Gasteiger partial charge on any atom is -0.461 e. The highest BCUT2D eigenvalue weighted by atomic mass is 35.5. The summed E-state index contributed by atoms with van der Waals surface area (Å²) in [6.45, 7) is 3.24. The number of hydrogen-bond donors (Lipinski definition) is 1. The van der Waals surface area contributed by atoms with Crippen LogP contribution in [0.3, 0.4) is 0 Å². The van der Waals surface area contributed by atoms with Crippen LogP contribution >= 0.6 is 12.4 Å². The second-order valence-corrected chi connectivity index (χ2v) is 3.10. The zero-order valence-electron chi connectivity index (χ0n) is 7.73. The molecule has 0 aromatic carbocycles. The highest BCUT2D eigenvalue weighted by Crippen LogP contribution is 2.08. The molecule has 4 nitrogen and oxygen atoms in total. The van der Waals surface area contributed by atoms with Gasteiger partial charge in [0.25, 0.3) is 0 Å². The van der Waals surface area contributed by atoms with Crippen molar-refractivity contribution in [3.63, 3.8) is 0 Å². The van der Waals surface area contributed by atoms with E-state index in [0.29, 0.717) is 0 Å². The maximum atomic E-state index is 11.0. The molecule has 0 spiro atoms. The van der Waals surface area contributed by atoms with Crippen LogP contribution in [0.1, 0.15) is 19.8 Å².